The zero-order valence-electron chi connectivity index (χ0n) is 21.1. The fourth-order valence-corrected chi connectivity index (χ4v) is 3.96. The molecule has 0 aliphatic carbocycles. The standard InChI is InChI=1S/C28H29NO8/c1-15(2)5-6-18-11-20(8-10-24(18)35-17(4)30)27(32)29-22-12-19-7-9-23(16(3)26(19)37-28(22)33)36-25-13-21(31)14-34-25/h5,7-12,21,25,31H,6,13-14H2,1-4H3,(H,29,32)/t21-,25-/m1/s1. The van der Waals surface area contributed by atoms with E-state index in [-0.39, 0.29) is 12.3 Å². The van der Waals surface area contributed by atoms with Gasteiger partial charge in [0.1, 0.15) is 22.8 Å². The Bertz CT molecular complexity index is 1430. The van der Waals surface area contributed by atoms with E-state index < -0.39 is 29.9 Å². The molecule has 1 fully saturated rings. The summed E-state index contributed by atoms with van der Waals surface area (Å²) in [4.78, 5) is 37.2. The Morgan fingerprint density at radius 3 is 2.57 bits per heavy atom. The predicted molar refractivity (Wildman–Crippen MR) is 137 cm³/mol. The molecule has 1 aliphatic heterocycles. The van der Waals surface area contributed by atoms with Crippen molar-refractivity contribution in [3.05, 3.63) is 75.2 Å². The number of aliphatic hydroxyl groups is 1. The highest BCUT2D eigenvalue weighted by Crippen LogP contribution is 2.30. The van der Waals surface area contributed by atoms with Crippen LogP contribution >= 0.6 is 0 Å². The van der Waals surface area contributed by atoms with Crippen LogP contribution in [0.2, 0.25) is 0 Å². The molecule has 2 heterocycles. The molecule has 0 bridgehead atoms. The first-order chi connectivity index (χ1) is 17.6. The summed E-state index contributed by atoms with van der Waals surface area (Å²) in [5, 5.41) is 12.9. The molecule has 37 heavy (non-hydrogen) atoms. The molecule has 9 heteroatoms. The summed E-state index contributed by atoms with van der Waals surface area (Å²) in [6.45, 7) is 7.17. The fourth-order valence-electron chi connectivity index (χ4n) is 3.96. The molecule has 2 aromatic carbocycles. The topological polar surface area (TPSA) is 124 Å². The Balaban J connectivity index is 1.58. The molecule has 1 amide bonds. The SMILES string of the molecule is CC(=O)Oc1ccc(C(=O)Nc2cc3ccc(O[C@@H]4C[C@@H](O)CO4)c(C)c3oc2=O)cc1CC=C(C)C. The van der Waals surface area contributed by atoms with Gasteiger partial charge in [-0.05, 0) is 69.2 Å². The number of anilines is 1. The molecule has 0 spiro atoms. The smallest absolute Gasteiger partial charge is 0.360 e. The second-order valence-corrected chi connectivity index (χ2v) is 9.18. The van der Waals surface area contributed by atoms with E-state index in [9.17, 15) is 19.5 Å². The van der Waals surface area contributed by atoms with Crippen LogP contribution < -0.4 is 20.4 Å². The summed E-state index contributed by atoms with van der Waals surface area (Å²) in [6, 6.07) is 9.70. The molecular formula is C28H29NO8. The first kappa shape index (κ1) is 26.1. The molecule has 4 rings (SSSR count). The molecule has 0 radical (unpaired) electrons. The third-order valence-corrected chi connectivity index (χ3v) is 5.85. The number of hydrogen-bond acceptors (Lipinski definition) is 8. The Labute approximate surface area is 213 Å². The summed E-state index contributed by atoms with van der Waals surface area (Å²) >= 11 is 0. The fraction of sp³-hybridized carbons (Fsp3) is 0.321. The highest BCUT2D eigenvalue weighted by molar-refractivity contribution is 6.05. The molecular weight excluding hydrogens is 478 g/mol. The van der Waals surface area contributed by atoms with Gasteiger partial charge in [0.05, 0.1) is 12.7 Å². The van der Waals surface area contributed by atoms with Crippen molar-refractivity contribution >= 4 is 28.5 Å². The molecule has 1 aliphatic rings. The molecule has 0 saturated carbocycles. The van der Waals surface area contributed by atoms with Crippen LogP contribution in [0.5, 0.6) is 11.5 Å². The van der Waals surface area contributed by atoms with Crippen molar-refractivity contribution in [2.45, 2.75) is 52.9 Å². The maximum atomic E-state index is 13.0. The number of rotatable bonds is 7. The Kier molecular flexibility index (Phi) is 7.75. The zero-order chi connectivity index (χ0) is 26.7. The molecule has 1 saturated heterocycles. The van der Waals surface area contributed by atoms with Crippen LogP contribution in [0.25, 0.3) is 11.0 Å². The highest BCUT2D eigenvalue weighted by Gasteiger charge is 2.26. The first-order valence-corrected chi connectivity index (χ1v) is 11.9. The van der Waals surface area contributed by atoms with Gasteiger partial charge in [-0.25, -0.2) is 4.79 Å². The number of aryl methyl sites for hydroxylation is 1. The number of benzene rings is 2. The summed E-state index contributed by atoms with van der Waals surface area (Å²) in [7, 11) is 0. The lowest BCUT2D eigenvalue weighted by molar-refractivity contribution is -0.131. The number of hydrogen-bond donors (Lipinski definition) is 2. The number of carbonyl (C=O) groups excluding carboxylic acids is 2. The summed E-state index contributed by atoms with van der Waals surface area (Å²) in [5.41, 5.74) is 2.24. The second-order valence-electron chi connectivity index (χ2n) is 9.18. The Morgan fingerprint density at radius 2 is 1.89 bits per heavy atom. The Morgan fingerprint density at radius 1 is 1.14 bits per heavy atom. The lowest BCUT2D eigenvalue weighted by atomic mass is 10.0. The lowest BCUT2D eigenvalue weighted by Crippen LogP contribution is -2.18. The van der Waals surface area contributed by atoms with Gasteiger partial charge in [0.15, 0.2) is 0 Å². The van der Waals surface area contributed by atoms with Crippen molar-refractivity contribution in [1.82, 2.24) is 0 Å². The maximum Gasteiger partial charge on any atom is 0.360 e. The first-order valence-electron chi connectivity index (χ1n) is 11.9. The van der Waals surface area contributed by atoms with Gasteiger partial charge in [-0.2, -0.15) is 0 Å². The van der Waals surface area contributed by atoms with Gasteiger partial charge >= 0.3 is 11.6 Å². The minimum absolute atomic E-state index is 0.0114. The van der Waals surface area contributed by atoms with Crippen LogP contribution in [0.4, 0.5) is 5.69 Å². The normalized spacial score (nSPS) is 16.9. The molecule has 194 valence electrons. The van der Waals surface area contributed by atoms with Crippen LogP contribution in [0.1, 0.15) is 48.7 Å². The van der Waals surface area contributed by atoms with Crippen molar-refractivity contribution in [3.8, 4) is 11.5 Å². The van der Waals surface area contributed by atoms with E-state index in [1.807, 2.05) is 19.9 Å². The van der Waals surface area contributed by atoms with Crippen molar-refractivity contribution in [1.29, 1.82) is 0 Å². The largest absolute Gasteiger partial charge is 0.464 e. The third kappa shape index (κ3) is 6.25. The van der Waals surface area contributed by atoms with Crippen LogP contribution in [0.15, 0.2) is 57.3 Å². The molecule has 9 nitrogen and oxygen atoms in total. The van der Waals surface area contributed by atoms with Crippen molar-refractivity contribution in [3.63, 3.8) is 0 Å². The van der Waals surface area contributed by atoms with Gasteiger partial charge in [0, 0.05) is 29.9 Å². The number of esters is 1. The van der Waals surface area contributed by atoms with E-state index in [2.05, 4.69) is 5.32 Å². The van der Waals surface area contributed by atoms with E-state index >= 15 is 0 Å². The number of amides is 1. The molecule has 2 N–H and O–H groups in total. The molecule has 2 atom stereocenters. The van der Waals surface area contributed by atoms with Crippen LogP contribution in [-0.2, 0) is 16.0 Å². The van der Waals surface area contributed by atoms with Crippen LogP contribution in [-0.4, -0.2) is 36.0 Å². The number of fused-ring (bicyclic) bond motifs is 1. The average molecular weight is 508 g/mol. The summed E-state index contributed by atoms with van der Waals surface area (Å²) in [5.74, 6) is -0.115. The molecule has 3 aromatic rings. The van der Waals surface area contributed by atoms with E-state index in [1.165, 1.54) is 13.0 Å². The van der Waals surface area contributed by atoms with E-state index in [0.717, 1.165) is 5.57 Å². The molecule has 0 unspecified atom stereocenters. The second kappa shape index (κ2) is 11.0. The third-order valence-electron chi connectivity index (χ3n) is 5.85. The number of ether oxygens (including phenoxy) is 3. The maximum absolute atomic E-state index is 13.0. The lowest BCUT2D eigenvalue weighted by Gasteiger charge is -2.15. The van der Waals surface area contributed by atoms with E-state index in [0.29, 0.717) is 52.0 Å². The minimum Gasteiger partial charge on any atom is -0.464 e. The Hall–Kier alpha value is -3.95. The van der Waals surface area contributed by atoms with Crippen LogP contribution in [0, 0.1) is 6.92 Å². The highest BCUT2D eigenvalue weighted by atomic mass is 16.7. The van der Waals surface area contributed by atoms with Crippen molar-refractivity contribution in [2.24, 2.45) is 0 Å². The van der Waals surface area contributed by atoms with Crippen molar-refractivity contribution in [2.75, 3.05) is 11.9 Å². The van der Waals surface area contributed by atoms with Gasteiger partial charge in [-0.15, -0.1) is 0 Å². The van der Waals surface area contributed by atoms with Gasteiger partial charge in [0.2, 0.25) is 6.29 Å². The van der Waals surface area contributed by atoms with Gasteiger partial charge in [-0.1, -0.05) is 11.6 Å². The average Bonchev–Trinajstić information content (AvgIpc) is 3.25. The minimum atomic E-state index is -0.713. The van der Waals surface area contributed by atoms with E-state index in [4.69, 9.17) is 18.6 Å². The summed E-state index contributed by atoms with van der Waals surface area (Å²) in [6.07, 6.45) is 1.63. The van der Waals surface area contributed by atoms with Gasteiger partial charge < -0.3 is 29.1 Å². The van der Waals surface area contributed by atoms with E-state index in [1.54, 1.807) is 37.3 Å². The number of aliphatic hydroxyl groups excluding tert-OH is 1. The number of nitrogens with one attached hydrogen (secondary N) is 1. The predicted octanol–water partition coefficient (Wildman–Crippen LogP) is 4.27. The van der Waals surface area contributed by atoms with Crippen LogP contribution in [0.3, 0.4) is 0 Å². The van der Waals surface area contributed by atoms with Crippen molar-refractivity contribution < 1.29 is 33.3 Å². The monoisotopic (exact) mass is 507 g/mol. The number of allylic oxidation sites excluding steroid dienone is 2. The number of carbonyl (C=O) groups is 2. The van der Waals surface area contributed by atoms with Gasteiger partial charge in [0.25, 0.3) is 5.91 Å². The zero-order valence-corrected chi connectivity index (χ0v) is 21.1. The quantitative estimate of drug-likeness (QED) is 0.210. The molecule has 1 aromatic heterocycles. The summed E-state index contributed by atoms with van der Waals surface area (Å²) < 4.78 is 22.0. The van der Waals surface area contributed by atoms with Gasteiger partial charge in [-0.3, -0.25) is 9.59 Å².